The van der Waals surface area contributed by atoms with Gasteiger partial charge >= 0.3 is 0 Å². The van der Waals surface area contributed by atoms with Crippen molar-refractivity contribution in [2.75, 3.05) is 12.4 Å². The quantitative estimate of drug-likeness (QED) is 0.813. The summed E-state index contributed by atoms with van der Waals surface area (Å²) in [6.45, 7) is 2.27. The molecule has 0 aliphatic heterocycles. The summed E-state index contributed by atoms with van der Waals surface area (Å²) in [7, 11) is 0. The van der Waals surface area contributed by atoms with Crippen molar-refractivity contribution in [3.8, 4) is 11.5 Å². The van der Waals surface area contributed by atoms with Gasteiger partial charge in [0.25, 0.3) is 5.89 Å². The molecule has 2 rings (SSSR count). The lowest BCUT2D eigenvalue weighted by atomic mass is 10.1. The normalized spacial score (nSPS) is 10.8. The average Bonchev–Trinajstić information content (AvgIpc) is 2.84. The number of hydrogen-bond acceptors (Lipinski definition) is 5. The third-order valence-corrected chi connectivity index (χ3v) is 3.48. The highest BCUT2D eigenvalue weighted by molar-refractivity contribution is 7.98. The largest absolute Gasteiger partial charge is 0.396 e. The minimum Gasteiger partial charge on any atom is -0.396 e. The number of aryl methyl sites for hydroxylation is 1. The lowest BCUT2D eigenvalue weighted by Crippen LogP contribution is -1.89. The van der Waals surface area contributed by atoms with Crippen molar-refractivity contribution in [1.82, 2.24) is 10.1 Å². The predicted molar refractivity (Wildman–Crippen MR) is 72.3 cm³/mol. The van der Waals surface area contributed by atoms with E-state index < -0.39 is 0 Å². The van der Waals surface area contributed by atoms with Gasteiger partial charge in [-0.3, -0.25) is 0 Å². The second kappa shape index (κ2) is 6.56. The number of rotatable bonds is 6. The van der Waals surface area contributed by atoms with Crippen molar-refractivity contribution in [2.24, 2.45) is 0 Å². The standard InChI is InChI=1S/C13H16N2O2S/c1-10-3-5-11(6-4-10)13-14-12(15-17-13)9-18-8-2-7-16/h3-6,16H,2,7-9H2,1H3. The number of aliphatic hydroxyl groups excluding tert-OH is 1. The smallest absolute Gasteiger partial charge is 0.257 e. The summed E-state index contributed by atoms with van der Waals surface area (Å²) in [6.07, 6.45) is 0.799. The summed E-state index contributed by atoms with van der Waals surface area (Å²) in [6, 6.07) is 8.00. The minimum absolute atomic E-state index is 0.230. The van der Waals surface area contributed by atoms with Crippen LogP contribution in [0.3, 0.4) is 0 Å². The molecule has 0 aliphatic rings. The maximum atomic E-state index is 8.68. The van der Waals surface area contributed by atoms with E-state index in [2.05, 4.69) is 10.1 Å². The molecule has 4 nitrogen and oxygen atoms in total. The van der Waals surface area contributed by atoms with Crippen LogP contribution in [0.15, 0.2) is 28.8 Å². The second-order valence-electron chi connectivity index (χ2n) is 4.01. The fourth-order valence-electron chi connectivity index (χ4n) is 1.46. The highest BCUT2D eigenvalue weighted by Crippen LogP contribution is 2.19. The first-order valence-electron chi connectivity index (χ1n) is 5.88. The van der Waals surface area contributed by atoms with Gasteiger partial charge in [-0.15, -0.1) is 0 Å². The zero-order valence-corrected chi connectivity index (χ0v) is 11.1. The zero-order valence-electron chi connectivity index (χ0n) is 10.3. The number of hydrogen-bond donors (Lipinski definition) is 1. The van der Waals surface area contributed by atoms with Gasteiger partial charge in [-0.1, -0.05) is 22.9 Å². The van der Waals surface area contributed by atoms with E-state index >= 15 is 0 Å². The zero-order chi connectivity index (χ0) is 12.8. The second-order valence-corrected chi connectivity index (χ2v) is 5.12. The van der Waals surface area contributed by atoms with Crippen LogP contribution in [0.1, 0.15) is 17.8 Å². The van der Waals surface area contributed by atoms with Crippen molar-refractivity contribution in [3.63, 3.8) is 0 Å². The maximum absolute atomic E-state index is 8.68. The van der Waals surface area contributed by atoms with Gasteiger partial charge < -0.3 is 9.63 Å². The molecule has 0 amide bonds. The summed E-state index contributed by atoms with van der Waals surface area (Å²) in [5.74, 6) is 2.89. The number of nitrogens with zero attached hydrogens (tertiary/aromatic N) is 2. The first-order valence-corrected chi connectivity index (χ1v) is 7.03. The van der Waals surface area contributed by atoms with E-state index in [4.69, 9.17) is 9.63 Å². The number of aliphatic hydroxyl groups is 1. The predicted octanol–water partition coefficient (Wildman–Crippen LogP) is 2.66. The van der Waals surface area contributed by atoms with Crippen LogP contribution < -0.4 is 0 Å². The molecule has 1 aromatic carbocycles. The van der Waals surface area contributed by atoms with Gasteiger partial charge in [0.15, 0.2) is 5.82 Å². The highest BCUT2D eigenvalue weighted by atomic mass is 32.2. The van der Waals surface area contributed by atoms with Gasteiger partial charge in [-0.25, -0.2) is 0 Å². The summed E-state index contributed by atoms with van der Waals surface area (Å²) in [5.41, 5.74) is 2.15. The van der Waals surface area contributed by atoms with E-state index in [9.17, 15) is 0 Å². The Morgan fingerprint density at radius 3 is 2.78 bits per heavy atom. The van der Waals surface area contributed by atoms with E-state index in [1.54, 1.807) is 11.8 Å². The van der Waals surface area contributed by atoms with Crippen LogP contribution in [0, 0.1) is 6.92 Å². The molecular weight excluding hydrogens is 248 g/mol. The van der Waals surface area contributed by atoms with E-state index in [-0.39, 0.29) is 6.61 Å². The molecule has 0 saturated heterocycles. The summed E-state index contributed by atoms with van der Waals surface area (Å²) >= 11 is 1.70. The maximum Gasteiger partial charge on any atom is 0.257 e. The molecule has 0 unspecified atom stereocenters. The monoisotopic (exact) mass is 264 g/mol. The molecule has 18 heavy (non-hydrogen) atoms. The Balaban J connectivity index is 1.95. The Morgan fingerprint density at radius 2 is 2.06 bits per heavy atom. The molecule has 0 bridgehead atoms. The average molecular weight is 264 g/mol. The van der Waals surface area contributed by atoms with Crippen molar-refractivity contribution in [2.45, 2.75) is 19.1 Å². The van der Waals surface area contributed by atoms with Crippen molar-refractivity contribution >= 4 is 11.8 Å². The molecule has 1 heterocycles. The molecule has 0 saturated carbocycles. The van der Waals surface area contributed by atoms with Gasteiger partial charge in [-0.2, -0.15) is 16.7 Å². The molecule has 96 valence electrons. The molecule has 0 radical (unpaired) electrons. The minimum atomic E-state index is 0.230. The topological polar surface area (TPSA) is 59.2 Å². The van der Waals surface area contributed by atoms with E-state index in [0.717, 1.165) is 23.5 Å². The first-order chi connectivity index (χ1) is 8.79. The van der Waals surface area contributed by atoms with Gasteiger partial charge in [0.05, 0.1) is 5.75 Å². The van der Waals surface area contributed by atoms with Gasteiger partial charge in [-0.05, 0) is 31.2 Å². The van der Waals surface area contributed by atoms with Gasteiger partial charge in [0, 0.05) is 12.2 Å². The molecular formula is C13H16N2O2S. The number of thioether (sulfide) groups is 1. The molecule has 0 atom stereocenters. The Labute approximate surface area is 110 Å². The van der Waals surface area contributed by atoms with E-state index in [1.807, 2.05) is 31.2 Å². The Hall–Kier alpha value is -1.33. The third-order valence-electron chi connectivity index (χ3n) is 2.44. The highest BCUT2D eigenvalue weighted by Gasteiger charge is 2.08. The van der Waals surface area contributed by atoms with Gasteiger partial charge in [0.2, 0.25) is 0 Å². The van der Waals surface area contributed by atoms with E-state index in [1.165, 1.54) is 5.56 Å². The summed E-state index contributed by atoms with van der Waals surface area (Å²) in [4.78, 5) is 4.35. The first kappa shape index (κ1) is 13.1. The van der Waals surface area contributed by atoms with Crippen LogP contribution in [0.25, 0.3) is 11.5 Å². The van der Waals surface area contributed by atoms with Gasteiger partial charge in [0.1, 0.15) is 0 Å². The Morgan fingerprint density at radius 1 is 1.28 bits per heavy atom. The van der Waals surface area contributed by atoms with Crippen LogP contribution in [0.2, 0.25) is 0 Å². The Bertz CT molecular complexity index is 482. The van der Waals surface area contributed by atoms with E-state index in [0.29, 0.717) is 11.7 Å². The summed E-state index contributed by atoms with van der Waals surface area (Å²) < 4.78 is 5.22. The van der Waals surface area contributed by atoms with Crippen LogP contribution >= 0.6 is 11.8 Å². The van der Waals surface area contributed by atoms with Crippen LogP contribution in [-0.4, -0.2) is 27.6 Å². The fourth-order valence-corrected chi connectivity index (χ4v) is 2.23. The van der Waals surface area contributed by atoms with Crippen molar-refractivity contribution in [1.29, 1.82) is 0 Å². The molecule has 1 aromatic heterocycles. The fraction of sp³-hybridized carbons (Fsp3) is 0.385. The van der Waals surface area contributed by atoms with Crippen LogP contribution in [0.5, 0.6) is 0 Å². The lowest BCUT2D eigenvalue weighted by molar-refractivity contribution is 0.296. The molecule has 0 fully saturated rings. The van der Waals surface area contributed by atoms with Crippen LogP contribution in [-0.2, 0) is 5.75 Å². The Kier molecular flexibility index (Phi) is 4.78. The van der Waals surface area contributed by atoms with Crippen molar-refractivity contribution in [3.05, 3.63) is 35.7 Å². The molecule has 1 N–H and O–H groups in total. The number of benzene rings is 1. The lowest BCUT2D eigenvalue weighted by Gasteiger charge is -1.95. The molecule has 5 heteroatoms. The molecule has 0 aliphatic carbocycles. The van der Waals surface area contributed by atoms with Crippen molar-refractivity contribution < 1.29 is 9.63 Å². The summed E-state index contributed by atoms with van der Waals surface area (Å²) in [5, 5.41) is 12.6. The SMILES string of the molecule is Cc1ccc(-c2nc(CSCCCO)no2)cc1. The number of aromatic nitrogens is 2. The third kappa shape index (κ3) is 3.58. The molecule has 0 spiro atoms. The van der Waals surface area contributed by atoms with Crippen LogP contribution in [0.4, 0.5) is 0 Å². The molecule has 2 aromatic rings.